The van der Waals surface area contributed by atoms with Crippen molar-refractivity contribution in [2.45, 2.75) is 45.3 Å². The Labute approximate surface area is 142 Å². The van der Waals surface area contributed by atoms with Crippen LogP contribution >= 0.6 is 0 Å². The first kappa shape index (κ1) is 18.0. The molecule has 0 aliphatic carbocycles. The van der Waals surface area contributed by atoms with Gasteiger partial charge in [0, 0.05) is 25.4 Å². The van der Waals surface area contributed by atoms with Gasteiger partial charge in [-0.15, -0.1) is 0 Å². The Morgan fingerprint density at radius 1 is 1.42 bits per heavy atom. The lowest BCUT2D eigenvalue weighted by molar-refractivity contribution is -0.130. The predicted octanol–water partition coefficient (Wildman–Crippen LogP) is 1.76. The number of methoxy groups -OCH3 is 1. The van der Waals surface area contributed by atoms with E-state index in [2.05, 4.69) is 10.3 Å². The summed E-state index contributed by atoms with van der Waals surface area (Å²) in [7, 11) is 1.57. The van der Waals surface area contributed by atoms with Gasteiger partial charge in [-0.25, -0.2) is 9.78 Å². The maximum atomic E-state index is 12.2. The summed E-state index contributed by atoms with van der Waals surface area (Å²) in [5.74, 6) is 0.405. The quantitative estimate of drug-likeness (QED) is 0.887. The Bertz CT molecular complexity index is 598. The van der Waals surface area contributed by atoms with Crippen molar-refractivity contribution >= 4 is 12.0 Å². The van der Waals surface area contributed by atoms with Crippen molar-refractivity contribution in [1.29, 1.82) is 0 Å². The van der Waals surface area contributed by atoms with E-state index in [4.69, 9.17) is 9.47 Å². The zero-order chi connectivity index (χ0) is 17.7. The molecule has 24 heavy (non-hydrogen) atoms. The van der Waals surface area contributed by atoms with Gasteiger partial charge in [-0.2, -0.15) is 0 Å². The molecule has 1 aliphatic rings. The van der Waals surface area contributed by atoms with E-state index in [-0.39, 0.29) is 5.91 Å². The van der Waals surface area contributed by atoms with Crippen molar-refractivity contribution in [3.63, 3.8) is 0 Å². The van der Waals surface area contributed by atoms with Crippen LogP contribution in [0.5, 0.6) is 5.88 Å². The number of amides is 2. The van der Waals surface area contributed by atoms with Gasteiger partial charge < -0.3 is 14.8 Å². The molecule has 2 heterocycles. The van der Waals surface area contributed by atoms with E-state index in [9.17, 15) is 9.59 Å². The highest BCUT2D eigenvalue weighted by molar-refractivity contribution is 5.87. The van der Waals surface area contributed by atoms with E-state index in [1.165, 1.54) is 4.90 Å². The molecule has 132 valence electrons. The molecule has 0 aromatic carbocycles. The van der Waals surface area contributed by atoms with Crippen LogP contribution in [0.15, 0.2) is 18.3 Å². The molecule has 1 atom stereocenters. The van der Waals surface area contributed by atoms with Gasteiger partial charge in [-0.05, 0) is 45.2 Å². The van der Waals surface area contributed by atoms with Gasteiger partial charge >= 0.3 is 6.09 Å². The minimum absolute atomic E-state index is 0.145. The van der Waals surface area contributed by atoms with Crippen molar-refractivity contribution < 1.29 is 19.1 Å². The molecular weight excluding hydrogens is 310 g/mol. The van der Waals surface area contributed by atoms with Crippen molar-refractivity contribution in [3.05, 3.63) is 23.9 Å². The first-order valence-electron chi connectivity index (χ1n) is 8.06. The lowest BCUT2D eigenvalue weighted by atomic mass is 10.0. The molecule has 0 unspecified atom stereocenters. The summed E-state index contributed by atoms with van der Waals surface area (Å²) >= 11 is 0. The summed E-state index contributed by atoms with van der Waals surface area (Å²) in [5.41, 5.74) is 0.466. The molecule has 2 amide bonds. The summed E-state index contributed by atoms with van der Waals surface area (Å²) in [6.07, 6.45) is 2.57. The lowest BCUT2D eigenvalue weighted by Gasteiger charge is -2.40. The summed E-state index contributed by atoms with van der Waals surface area (Å²) < 4.78 is 10.4. The van der Waals surface area contributed by atoms with Gasteiger partial charge in [-0.3, -0.25) is 9.69 Å². The minimum Gasteiger partial charge on any atom is -0.481 e. The molecule has 2 rings (SSSR count). The third-order valence-electron chi connectivity index (χ3n) is 3.67. The third kappa shape index (κ3) is 4.84. The Hall–Kier alpha value is -2.31. The van der Waals surface area contributed by atoms with Crippen LogP contribution in [0.1, 0.15) is 32.8 Å². The Morgan fingerprint density at radius 2 is 2.17 bits per heavy atom. The second kappa shape index (κ2) is 7.51. The Kier molecular flexibility index (Phi) is 5.64. The number of aromatic nitrogens is 1. The number of likely N-dealkylation sites (tertiary alicyclic amines) is 1. The standard InChI is InChI=1S/C17H25N3O4/c1-17(2,3)24-16(22)20-10-7-13(20)15(21)19-9-6-12-5-8-18-14(11-12)23-4/h5,8,11,13H,6-7,9-10H2,1-4H3,(H,19,21)/t13-/m1/s1. The highest BCUT2D eigenvalue weighted by Crippen LogP contribution is 2.21. The van der Waals surface area contributed by atoms with Crippen LogP contribution in [0.25, 0.3) is 0 Å². The van der Waals surface area contributed by atoms with Crippen molar-refractivity contribution in [3.8, 4) is 5.88 Å². The zero-order valence-corrected chi connectivity index (χ0v) is 14.7. The van der Waals surface area contributed by atoms with Crippen LogP contribution in [0.3, 0.4) is 0 Å². The van der Waals surface area contributed by atoms with Gasteiger partial charge in [0.15, 0.2) is 0 Å². The van der Waals surface area contributed by atoms with Crippen LogP contribution in [0, 0.1) is 0 Å². The van der Waals surface area contributed by atoms with E-state index in [0.29, 0.717) is 31.8 Å². The van der Waals surface area contributed by atoms with Crippen LogP contribution in [0.4, 0.5) is 4.79 Å². The van der Waals surface area contributed by atoms with Gasteiger partial charge in [0.1, 0.15) is 11.6 Å². The van der Waals surface area contributed by atoms with Gasteiger partial charge in [-0.1, -0.05) is 0 Å². The van der Waals surface area contributed by atoms with Crippen LogP contribution in [0.2, 0.25) is 0 Å². The fraction of sp³-hybridized carbons (Fsp3) is 0.588. The second-order valence-electron chi connectivity index (χ2n) is 6.73. The monoisotopic (exact) mass is 335 g/mol. The average molecular weight is 335 g/mol. The van der Waals surface area contributed by atoms with Crippen LogP contribution < -0.4 is 10.1 Å². The number of rotatable bonds is 5. The summed E-state index contributed by atoms with van der Waals surface area (Å²) in [5, 5.41) is 2.87. The topological polar surface area (TPSA) is 80.8 Å². The molecule has 1 aliphatic heterocycles. The Morgan fingerprint density at radius 3 is 2.75 bits per heavy atom. The van der Waals surface area contributed by atoms with Crippen molar-refractivity contribution in [1.82, 2.24) is 15.2 Å². The van der Waals surface area contributed by atoms with E-state index < -0.39 is 17.7 Å². The minimum atomic E-state index is -0.561. The van der Waals surface area contributed by atoms with E-state index in [1.807, 2.05) is 32.9 Å². The molecule has 7 nitrogen and oxygen atoms in total. The number of hydrogen-bond acceptors (Lipinski definition) is 5. The summed E-state index contributed by atoms with van der Waals surface area (Å²) in [6, 6.07) is 3.28. The SMILES string of the molecule is COc1cc(CCNC(=O)[C@H]2CCN2C(=O)OC(C)(C)C)ccn1. The largest absolute Gasteiger partial charge is 0.481 e. The van der Waals surface area contributed by atoms with Gasteiger partial charge in [0.25, 0.3) is 0 Å². The fourth-order valence-electron chi connectivity index (χ4n) is 2.36. The molecule has 0 bridgehead atoms. The summed E-state index contributed by atoms with van der Waals surface area (Å²) in [4.78, 5) is 29.8. The van der Waals surface area contributed by atoms with Crippen LogP contribution in [-0.4, -0.2) is 53.7 Å². The maximum absolute atomic E-state index is 12.2. The highest BCUT2D eigenvalue weighted by Gasteiger charge is 2.39. The molecule has 1 fully saturated rings. The molecule has 0 spiro atoms. The molecule has 1 aromatic heterocycles. The highest BCUT2D eigenvalue weighted by atomic mass is 16.6. The fourth-order valence-corrected chi connectivity index (χ4v) is 2.36. The zero-order valence-electron chi connectivity index (χ0n) is 14.7. The second-order valence-corrected chi connectivity index (χ2v) is 6.73. The molecule has 1 saturated heterocycles. The molecule has 0 saturated carbocycles. The predicted molar refractivity (Wildman–Crippen MR) is 88.8 cm³/mol. The third-order valence-corrected chi connectivity index (χ3v) is 3.67. The molecule has 7 heteroatoms. The number of hydrogen-bond donors (Lipinski definition) is 1. The van der Waals surface area contributed by atoms with Gasteiger partial charge in [0.2, 0.25) is 11.8 Å². The van der Waals surface area contributed by atoms with Crippen molar-refractivity contribution in [2.24, 2.45) is 0 Å². The maximum Gasteiger partial charge on any atom is 0.410 e. The first-order valence-corrected chi connectivity index (χ1v) is 8.06. The molecular formula is C17H25N3O4. The number of pyridine rings is 1. The summed E-state index contributed by atoms with van der Waals surface area (Å²) in [6.45, 7) is 6.47. The Balaban J connectivity index is 1.79. The number of nitrogens with zero attached hydrogens (tertiary/aromatic N) is 2. The molecule has 1 N–H and O–H groups in total. The molecule has 0 radical (unpaired) electrons. The number of carbonyl (C=O) groups is 2. The number of ether oxygens (including phenoxy) is 2. The lowest BCUT2D eigenvalue weighted by Crippen LogP contribution is -2.59. The number of carbonyl (C=O) groups excluding carboxylic acids is 2. The van der Waals surface area contributed by atoms with E-state index in [1.54, 1.807) is 13.3 Å². The van der Waals surface area contributed by atoms with Gasteiger partial charge in [0.05, 0.1) is 7.11 Å². The molecule has 1 aromatic rings. The first-order chi connectivity index (χ1) is 11.3. The van der Waals surface area contributed by atoms with E-state index >= 15 is 0 Å². The van der Waals surface area contributed by atoms with E-state index in [0.717, 1.165) is 5.56 Å². The average Bonchev–Trinajstić information content (AvgIpc) is 2.44. The van der Waals surface area contributed by atoms with Crippen molar-refractivity contribution in [2.75, 3.05) is 20.2 Å². The smallest absolute Gasteiger partial charge is 0.410 e. The number of nitrogens with one attached hydrogen (secondary N) is 1. The van der Waals surface area contributed by atoms with Crippen LogP contribution in [-0.2, 0) is 16.0 Å². The normalized spacial score (nSPS) is 17.0.